The Kier molecular flexibility index (Phi) is 12.3. The molecule has 0 aliphatic carbocycles. The fraction of sp³-hybridized carbons (Fsp3) is 1.00. The zero-order valence-electron chi connectivity index (χ0n) is 13.0. The van der Waals surface area contributed by atoms with Crippen molar-refractivity contribution in [3.05, 3.63) is 0 Å². The minimum atomic E-state index is -0.620. The monoisotopic (exact) mass is 274 g/mol. The van der Waals surface area contributed by atoms with E-state index in [-0.39, 0.29) is 0 Å². The molecule has 0 aromatic heterocycles. The zero-order valence-corrected chi connectivity index (χ0v) is 13.9. The smallest absolute Gasteiger partial charge is 0.0322 e. The van der Waals surface area contributed by atoms with Crippen LogP contribution in [0.4, 0.5) is 0 Å². The van der Waals surface area contributed by atoms with E-state index in [1.165, 1.54) is 51.4 Å². The summed E-state index contributed by atoms with van der Waals surface area (Å²) >= 11 is 0. The molecule has 0 aliphatic rings. The molecule has 0 N–H and O–H groups in total. The largest absolute Gasteiger partial charge is 0.259 e. The zero-order chi connectivity index (χ0) is 13.8. The summed E-state index contributed by atoms with van der Waals surface area (Å²) in [6.07, 6.45) is 12.6. The van der Waals surface area contributed by atoms with Gasteiger partial charge >= 0.3 is 0 Å². The second-order valence-corrected chi connectivity index (χ2v) is 7.91. The van der Waals surface area contributed by atoms with Gasteiger partial charge < -0.3 is 0 Å². The van der Waals surface area contributed by atoms with Crippen LogP contribution in [0.25, 0.3) is 0 Å². The third-order valence-electron chi connectivity index (χ3n) is 3.72. The number of hydrogen-bond donors (Lipinski definition) is 0. The molecule has 2 unspecified atom stereocenters. The van der Waals surface area contributed by atoms with Gasteiger partial charge in [-0.05, 0) is 12.8 Å². The van der Waals surface area contributed by atoms with Crippen LogP contribution < -0.4 is 0 Å². The van der Waals surface area contributed by atoms with Gasteiger partial charge in [-0.15, -0.1) is 0 Å². The van der Waals surface area contributed by atoms with Gasteiger partial charge in [0.05, 0.1) is 0 Å². The molecule has 2 atom stereocenters. The Hall–Kier alpha value is 0.150. The topological polar surface area (TPSA) is 17.1 Å². The van der Waals surface area contributed by atoms with Gasteiger partial charge in [0.25, 0.3) is 0 Å². The predicted molar refractivity (Wildman–Crippen MR) is 84.6 cm³/mol. The standard InChI is InChI=1S/C16H34OS/c1-5-7-9-11-13-15(3)18(17)16(4)14-12-10-8-6-2/h15-16H,5-14H2,1-4H3. The van der Waals surface area contributed by atoms with Gasteiger partial charge in [-0.1, -0.05) is 79.1 Å². The highest BCUT2D eigenvalue weighted by molar-refractivity contribution is 7.86. The quantitative estimate of drug-likeness (QED) is 0.432. The summed E-state index contributed by atoms with van der Waals surface area (Å²) in [4.78, 5) is 0. The van der Waals surface area contributed by atoms with Crippen LogP contribution in [0.3, 0.4) is 0 Å². The molecule has 0 heterocycles. The maximum atomic E-state index is 12.3. The lowest BCUT2D eigenvalue weighted by molar-refractivity contribution is 0.593. The molecular weight excluding hydrogens is 240 g/mol. The van der Waals surface area contributed by atoms with Gasteiger partial charge in [-0.25, -0.2) is 0 Å². The summed E-state index contributed by atoms with van der Waals surface area (Å²) in [5.41, 5.74) is 0. The average molecular weight is 275 g/mol. The molecule has 0 aliphatic heterocycles. The van der Waals surface area contributed by atoms with Gasteiger partial charge in [-0.2, -0.15) is 0 Å². The first kappa shape index (κ1) is 18.1. The highest BCUT2D eigenvalue weighted by Gasteiger charge is 2.17. The number of hydrogen-bond acceptors (Lipinski definition) is 1. The Morgan fingerprint density at radius 1 is 0.722 bits per heavy atom. The van der Waals surface area contributed by atoms with Crippen molar-refractivity contribution in [3.8, 4) is 0 Å². The van der Waals surface area contributed by atoms with Crippen LogP contribution in [0, 0.1) is 0 Å². The highest BCUT2D eigenvalue weighted by atomic mass is 32.2. The third-order valence-corrected chi connectivity index (χ3v) is 5.78. The predicted octanol–water partition coefficient (Wildman–Crippen LogP) is 5.45. The van der Waals surface area contributed by atoms with E-state index in [9.17, 15) is 4.21 Å². The minimum absolute atomic E-state index is 0.392. The summed E-state index contributed by atoms with van der Waals surface area (Å²) in [5, 5.41) is 0.783. The molecule has 0 amide bonds. The first-order valence-electron chi connectivity index (χ1n) is 8.02. The Morgan fingerprint density at radius 2 is 1.11 bits per heavy atom. The van der Waals surface area contributed by atoms with Crippen molar-refractivity contribution < 1.29 is 4.21 Å². The van der Waals surface area contributed by atoms with Crippen molar-refractivity contribution in [2.24, 2.45) is 0 Å². The van der Waals surface area contributed by atoms with Gasteiger partial charge in [0.2, 0.25) is 0 Å². The first-order chi connectivity index (χ1) is 8.63. The van der Waals surface area contributed by atoms with Gasteiger partial charge in [0, 0.05) is 21.3 Å². The van der Waals surface area contributed by atoms with Crippen molar-refractivity contribution in [1.82, 2.24) is 0 Å². The molecule has 0 rings (SSSR count). The van der Waals surface area contributed by atoms with Crippen LogP contribution in [-0.2, 0) is 10.8 Å². The second-order valence-electron chi connectivity index (χ2n) is 5.65. The fourth-order valence-electron chi connectivity index (χ4n) is 2.35. The van der Waals surface area contributed by atoms with Gasteiger partial charge in [0.15, 0.2) is 0 Å². The summed E-state index contributed by atoms with van der Waals surface area (Å²) in [6.45, 7) is 8.81. The maximum Gasteiger partial charge on any atom is 0.0322 e. The lowest BCUT2D eigenvalue weighted by Gasteiger charge is -2.17. The van der Waals surface area contributed by atoms with Crippen LogP contribution in [0.5, 0.6) is 0 Å². The van der Waals surface area contributed by atoms with E-state index >= 15 is 0 Å². The van der Waals surface area contributed by atoms with Crippen LogP contribution in [-0.4, -0.2) is 14.7 Å². The van der Waals surface area contributed by atoms with Crippen LogP contribution in [0.2, 0.25) is 0 Å². The van der Waals surface area contributed by atoms with Gasteiger partial charge in [-0.3, -0.25) is 4.21 Å². The van der Waals surface area contributed by atoms with E-state index in [1.54, 1.807) is 0 Å². The summed E-state index contributed by atoms with van der Waals surface area (Å²) in [6, 6.07) is 0. The van der Waals surface area contributed by atoms with Gasteiger partial charge in [0.1, 0.15) is 0 Å². The van der Waals surface area contributed by atoms with E-state index in [2.05, 4.69) is 27.7 Å². The highest BCUT2D eigenvalue weighted by Crippen LogP contribution is 2.17. The Labute approximate surface area is 118 Å². The van der Waals surface area contributed by atoms with Crippen LogP contribution in [0.1, 0.15) is 91.9 Å². The Balaban J connectivity index is 3.68. The number of rotatable bonds is 12. The van der Waals surface area contributed by atoms with Crippen molar-refractivity contribution in [1.29, 1.82) is 0 Å². The SMILES string of the molecule is CCCCCCC(C)S(=O)C(C)CCCCCC. The molecule has 0 bridgehead atoms. The molecule has 0 fully saturated rings. The summed E-state index contributed by atoms with van der Waals surface area (Å²) in [5.74, 6) is 0. The normalized spacial score (nSPS) is 16.4. The van der Waals surface area contributed by atoms with Crippen molar-refractivity contribution >= 4 is 10.8 Å². The molecule has 18 heavy (non-hydrogen) atoms. The van der Waals surface area contributed by atoms with E-state index in [4.69, 9.17) is 0 Å². The minimum Gasteiger partial charge on any atom is -0.259 e. The first-order valence-corrected chi connectivity index (χ1v) is 9.30. The van der Waals surface area contributed by atoms with Crippen LogP contribution in [0.15, 0.2) is 0 Å². The molecule has 0 aromatic rings. The van der Waals surface area contributed by atoms with E-state index in [1.807, 2.05) is 0 Å². The molecule has 0 saturated carbocycles. The fourth-order valence-corrected chi connectivity index (χ4v) is 3.94. The Bertz CT molecular complexity index is 183. The third kappa shape index (κ3) is 9.13. The van der Waals surface area contributed by atoms with E-state index in [0.717, 1.165) is 12.8 Å². The summed E-state index contributed by atoms with van der Waals surface area (Å²) < 4.78 is 12.3. The molecule has 0 aromatic carbocycles. The molecular formula is C16H34OS. The molecule has 0 saturated heterocycles. The second kappa shape index (κ2) is 12.2. The van der Waals surface area contributed by atoms with Crippen molar-refractivity contribution in [2.45, 2.75) is 102 Å². The average Bonchev–Trinajstić information content (AvgIpc) is 2.38. The lowest BCUT2D eigenvalue weighted by Crippen LogP contribution is -2.21. The van der Waals surface area contributed by atoms with Crippen molar-refractivity contribution in [3.63, 3.8) is 0 Å². The van der Waals surface area contributed by atoms with E-state index in [0.29, 0.717) is 10.5 Å². The number of unbranched alkanes of at least 4 members (excludes halogenated alkanes) is 6. The maximum absolute atomic E-state index is 12.3. The van der Waals surface area contributed by atoms with E-state index < -0.39 is 10.8 Å². The Morgan fingerprint density at radius 3 is 1.44 bits per heavy atom. The lowest BCUT2D eigenvalue weighted by atomic mass is 10.1. The molecule has 110 valence electrons. The summed E-state index contributed by atoms with van der Waals surface area (Å²) in [7, 11) is -0.620. The molecule has 0 spiro atoms. The molecule has 0 radical (unpaired) electrons. The molecule has 2 heteroatoms. The molecule has 1 nitrogen and oxygen atoms in total. The van der Waals surface area contributed by atoms with Crippen molar-refractivity contribution in [2.75, 3.05) is 0 Å². The van der Waals surface area contributed by atoms with Crippen LogP contribution >= 0.6 is 0 Å².